The molecule has 0 spiro atoms. The number of hydrogen-bond acceptors (Lipinski definition) is 3. The van der Waals surface area contributed by atoms with E-state index < -0.39 is 0 Å². The molecule has 0 bridgehead atoms. The first-order valence-corrected chi connectivity index (χ1v) is 10.4. The second kappa shape index (κ2) is 5.10. The van der Waals surface area contributed by atoms with Crippen molar-refractivity contribution in [3.63, 3.8) is 0 Å². The molecule has 0 aromatic carbocycles. The lowest BCUT2D eigenvalue weighted by Crippen LogP contribution is -1.89. The fourth-order valence-electron chi connectivity index (χ4n) is 2.15. The van der Waals surface area contributed by atoms with Crippen LogP contribution in [-0.2, 0) is 0 Å². The van der Waals surface area contributed by atoms with Crippen molar-refractivity contribution in [3.8, 4) is 11.1 Å². The van der Waals surface area contributed by atoms with Crippen molar-refractivity contribution >= 4 is 50.0 Å². The van der Waals surface area contributed by atoms with Gasteiger partial charge in [-0.3, -0.25) is 0 Å². The lowest BCUT2D eigenvalue weighted by molar-refractivity contribution is 0.945. The highest BCUT2D eigenvalue weighted by Gasteiger charge is 2.14. The molecule has 0 saturated carbocycles. The van der Waals surface area contributed by atoms with E-state index in [2.05, 4.69) is 60.1 Å². The molecule has 0 fully saturated rings. The van der Waals surface area contributed by atoms with Crippen LogP contribution in [0.3, 0.4) is 0 Å². The Hall–Kier alpha value is -0.530. The average molecular weight is 450 g/mol. The number of aromatic nitrogens is 5. The zero-order chi connectivity index (χ0) is 13.6. The average Bonchev–Trinajstić information content (AvgIpc) is 2.87. The Morgan fingerprint density at radius 1 is 1.32 bits per heavy atom. The lowest BCUT2D eigenvalue weighted by atomic mass is 10.1. The van der Waals surface area contributed by atoms with Gasteiger partial charge in [0.15, 0.2) is 5.65 Å². The van der Waals surface area contributed by atoms with E-state index in [1.165, 1.54) is 11.3 Å². The molecular weight excluding hydrogens is 440 g/mol. The largest absolute Gasteiger partial charge is 0.242 e. The first-order valence-electron chi connectivity index (χ1n) is 5.55. The van der Waals surface area contributed by atoms with E-state index in [-0.39, 0.29) is 0 Å². The number of rotatable bonds is 2. The van der Waals surface area contributed by atoms with Gasteiger partial charge in [0, 0.05) is 17.5 Å². The monoisotopic (exact) mass is 449 g/mol. The van der Waals surface area contributed by atoms with Crippen LogP contribution >= 0.6 is 44.3 Å². The molecule has 0 N–H and O–H groups in total. The highest BCUT2D eigenvalue weighted by Crippen LogP contribution is 2.33. The van der Waals surface area contributed by atoms with Crippen molar-refractivity contribution in [2.45, 2.75) is 13.8 Å². The fourth-order valence-corrected chi connectivity index (χ4v) is 4.34. The highest BCUT2D eigenvalue weighted by molar-refractivity contribution is 14.2. The number of fused-ring (bicyclic) bond motifs is 1. The molecular formula is C11H10BrIN5P. The number of hydrogen-bond donors (Lipinski definition) is 0. The van der Waals surface area contributed by atoms with Crippen molar-refractivity contribution in [2.75, 3.05) is 0 Å². The van der Waals surface area contributed by atoms with E-state index in [1.54, 1.807) is 4.52 Å². The molecule has 19 heavy (non-hydrogen) atoms. The third-order valence-corrected chi connectivity index (χ3v) is 5.27. The van der Waals surface area contributed by atoms with Crippen molar-refractivity contribution in [3.05, 3.63) is 34.5 Å². The maximum absolute atomic E-state index is 4.56. The van der Waals surface area contributed by atoms with Crippen LogP contribution < -0.4 is 0 Å². The smallest absolute Gasteiger partial charge is 0.218 e. The van der Waals surface area contributed by atoms with Crippen LogP contribution in [0.2, 0.25) is 0 Å². The van der Waals surface area contributed by atoms with Gasteiger partial charge in [-0.15, -0.1) is 5.10 Å². The van der Waals surface area contributed by atoms with Crippen LogP contribution in [0.1, 0.15) is 11.4 Å². The predicted molar refractivity (Wildman–Crippen MR) is 89.1 cm³/mol. The van der Waals surface area contributed by atoms with Crippen molar-refractivity contribution in [1.82, 2.24) is 24.1 Å². The van der Waals surface area contributed by atoms with Crippen LogP contribution in [0.4, 0.5) is 0 Å². The summed E-state index contributed by atoms with van der Waals surface area (Å²) in [7, 11) is 0. The Balaban J connectivity index is 2.21. The second-order valence-electron chi connectivity index (χ2n) is 4.14. The molecule has 0 aliphatic rings. The molecule has 0 radical (unpaired) electrons. The fraction of sp³-hybridized carbons (Fsp3) is 0.182. The Bertz CT molecular complexity index is 766. The summed E-state index contributed by atoms with van der Waals surface area (Å²) in [5.41, 5.74) is 5.37. The molecule has 3 heterocycles. The summed E-state index contributed by atoms with van der Waals surface area (Å²) >= 11 is 5.63. The van der Waals surface area contributed by atoms with Crippen molar-refractivity contribution in [2.24, 2.45) is 0 Å². The molecule has 0 amide bonds. The molecule has 0 saturated heterocycles. The first-order chi connectivity index (χ1) is 9.10. The number of halogens is 2. The maximum atomic E-state index is 4.56. The minimum Gasteiger partial charge on any atom is -0.242 e. The molecule has 1 atom stereocenters. The molecule has 1 unspecified atom stereocenters. The number of nitrogens with zero attached hydrogens (tertiary/aromatic N) is 5. The summed E-state index contributed by atoms with van der Waals surface area (Å²) in [6.45, 7) is 4.14. The van der Waals surface area contributed by atoms with E-state index in [9.17, 15) is 0 Å². The second-order valence-corrected chi connectivity index (χ2v) is 6.89. The normalized spacial score (nSPS) is 12.0. The van der Waals surface area contributed by atoms with Crippen molar-refractivity contribution < 1.29 is 0 Å². The van der Waals surface area contributed by atoms with Crippen LogP contribution in [-0.4, -0.2) is 24.1 Å². The number of aryl methyl sites for hydroxylation is 1. The maximum Gasteiger partial charge on any atom is 0.218 e. The highest BCUT2D eigenvalue weighted by atomic mass is 127. The Kier molecular flexibility index (Phi) is 3.61. The molecule has 3 aromatic heterocycles. The summed E-state index contributed by atoms with van der Waals surface area (Å²) < 4.78 is 4.39. The summed E-state index contributed by atoms with van der Waals surface area (Å²) in [6, 6.07) is 4.08. The summed E-state index contributed by atoms with van der Waals surface area (Å²) in [4.78, 5) is 4.33. The zero-order valence-electron chi connectivity index (χ0n) is 10.2. The SMILES string of the molecule is Cc1nn(PI)c(C)c1-c1ccn2nc(Br)nc2c1. The van der Waals surface area contributed by atoms with Crippen LogP contribution in [0.25, 0.3) is 16.8 Å². The Labute approximate surface area is 133 Å². The van der Waals surface area contributed by atoms with E-state index in [0.29, 0.717) is 11.1 Å². The van der Waals surface area contributed by atoms with E-state index in [0.717, 1.165) is 16.9 Å². The molecule has 0 aliphatic carbocycles. The first kappa shape index (κ1) is 13.5. The van der Waals surface area contributed by atoms with Crippen LogP contribution in [0, 0.1) is 13.8 Å². The zero-order valence-corrected chi connectivity index (χ0v) is 15.0. The predicted octanol–water partition coefficient (Wildman–Crippen LogP) is 3.76. The third-order valence-electron chi connectivity index (χ3n) is 2.97. The quantitative estimate of drug-likeness (QED) is 0.442. The molecule has 3 rings (SSSR count). The van der Waals surface area contributed by atoms with E-state index in [1.807, 2.05) is 29.7 Å². The van der Waals surface area contributed by atoms with Gasteiger partial charge in [-0.2, -0.15) is 5.10 Å². The summed E-state index contributed by atoms with van der Waals surface area (Å²) in [6.07, 6.45) is 2.53. The van der Waals surface area contributed by atoms with E-state index >= 15 is 0 Å². The lowest BCUT2D eigenvalue weighted by Gasteiger charge is -2.03. The molecule has 0 aliphatic heterocycles. The van der Waals surface area contributed by atoms with Gasteiger partial charge < -0.3 is 0 Å². The topological polar surface area (TPSA) is 48.0 Å². The molecule has 5 nitrogen and oxygen atoms in total. The van der Waals surface area contributed by atoms with Gasteiger partial charge in [0.05, 0.1) is 12.1 Å². The standard InChI is InChI=1S/C11H10BrIN5P/c1-6-10(7(2)18(15-6)19-13)8-3-4-17-9(5-8)14-11(12)16-17/h3-5,19H,1-2H3. The van der Waals surface area contributed by atoms with Gasteiger partial charge in [-0.1, -0.05) is 0 Å². The summed E-state index contributed by atoms with van der Waals surface area (Å²) in [5.74, 6) is 0. The number of pyridine rings is 1. The van der Waals surface area contributed by atoms with Crippen LogP contribution in [0.5, 0.6) is 0 Å². The molecule has 3 aromatic rings. The third kappa shape index (κ3) is 2.32. The Morgan fingerprint density at radius 3 is 2.79 bits per heavy atom. The van der Waals surface area contributed by atoms with E-state index in [4.69, 9.17) is 0 Å². The van der Waals surface area contributed by atoms with Gasteiger partial charge in [0.2, 0.25) is 4.73 Å². The minimum absolute atomic E-state index is 0.600. The van der Waals surface area contributed by atoms with Gasteiger partial charge in [-0.05, 0) is 69.5 Å². The molecule has 8 heteroatoms. The van der Waals surface area contributed by atoms with Gasteiger partial charge in [-0.25, -0.2) is 14.0 Å². The summed E-state index contributed by atoms with van der Waals surface area (Å²) in [5, 5.41) is 8.78. The molecule has 98 valence electrons. The van der Waals surface area contributed by atoms with Crippen LogP contribution in [0.15, 0.2) is 23.1 Å². The van der Waals surface area contributed by atoms with Crippen molar-refractivity contribution in [1.29, 1.82) is 0 Å². The minimum atomic E-state index is 0.600. The van der Waals surface area contributed by atoms with Gasteiger partial charge >= 0.3 is 0 Å². The van der Waals surface area contributed by atoms with Gasteiger partial charge in [0.1, 0.15) is 0 Å². The Morgan fingerprint density at radius 2 is 2.11 bits per heavy atom. The van der Waals surface area contributed by atoms with Gasteiger partial charge in [0.25, 0.3) is 0 Å².